The Labute approximate surface area is 253 Å². The van der Waals surface area contributed by atoms with E-state index in [2.05, 4.69) is 101 Å². The van der Waals surface area contributed by atoms with Crippen molar-refractivity contribution in [1.82, 2.24) is 0 Å². The monoisotopic (exact) mass is 550 g/mol. The number of allylic oxidation sites excluding steroid dienone is 8. The summed E-state index contributed by atoms with van der Waals surface area (Å²) in [5, 5.41) is 0. The number of benzene rings is 1. The lowest BCUT2D eigenvalue weighted by Crippen LogP contribution is -2.59. The van der Waals surface area contributed by atoms with E-state index in [1.807, 2.05) is 0 Å². The molecule has 0 aliphatic heterocycles. The van der Waals surface area contributed by atoms with Crippen molar-refractivity contribution in [2.45, 2.75) is 120 Å². The van der Waals surface area contributed by atoms with Crippen LogP contribution in [0.2, 0.25) is 0 Å². The Morgan fingerprint density at radius 2 is 1.68 bits per heavy atom. The molecule has 0 heterocycles. The van der Waals surface area contributed by atoms with Crippen LogP contribution in [0.3, 0.4) is 0 Å². The molecule has 0 heteroatoms. The van der Waals surface area contributed by atoms with Crippen molar-refractivity contribution in [3.8, 4) is 0 Å². The van der Waals surface area contributed by atoms with Gasteiger partial charge in [-0.15, -0.1) is 0 Å². The number of hydrogen-bond acceptors (Lipinski definition) is 0. The Morgan fingerprint density at radius 3 is 2.27 bits per heavy atom. The largest absolute Gasteiger partial charge is 0.0999 e. The van der Waals surface area contributed by atoms with Crippen LogP contribution in [-0.2, 0) is 0 Å². The van der Waals surface area contributed by atoms with Gasteiger partial charge in [0.25, 0.3) is 0 Å². The van der Waals surface area contributed by atoms with E-state index in [9.17, 15) is 0 Å². The van der Waals surface area contributed by atoms with Crippen molar-refractivity contribution in [3.05, 3.63) is 100 Å². The zero-order chi connectivity index (χ0) is 30.7. The van der Waals surface area contributed by atoms with E-state index in [1.54, 1.807) is 0 Å². The summed E-state index contributed by atoms with van der Waals surface area (Å²) in [6.45, 7) is 42.8. The molecule has 0 amide bonds. The summed E-state index contributed by atoms with van der Waals surface area (Å²) in [6, 6.07) is 7.01. The number of rotatable bonds is 9. The Kier molecular flexibility index (Phi) is 8.52. The summed E-state index contributed by atoms with van der Waals surface area (Å²) in [5.74, 6) is 1.63. The minimum atomic E-state index is -0.181. The summed E-state index contributed by atoms with van der Waals surface area (Å²) < 4.78 is 0. The maximum atomic E-state index is 4.93. The van der Waals surface area contributed by atoms with Gasteiger partial charge in [0.1, 0.15) is 0 Å². The first-order valence-electron chi connectivity index (χ1n) is 16.3. The average molecular weight is 551 g/mol. The highest BCUT2D eigenvalue weighted by molar-refractivity contribution is 5.87. The predicted molar refractivity (Wildman–Crippen MR) is 182 cm³/mol. The van der Waals surface area contributed by atoms with Crippen molar-refractivity contribution in [2.75, 3.05) is 0 Å². The van der Waals surface area contributed by atoms with E-state index in [0.717, 1.165) is 30.8 Å². The summed E-state index contributed by atoms with van der Waals surface area (Å²) in [6.07, 6.45) is 8.24. The molecule has 0 spiro atoms. The number of hydrogen-bond donors (Lipinski definition) is 0. The second kappa shape index (κ2) is 11.1. The molecule has 0 bridgehead atoms. The summed E-state index contributed by atoms with van der Waals surface area (Å²) in [7, 11) is 0. The predicted octanol–water partition coefficient (Wildman–Crippen LogP) is 12.5. The molecular formula is C41H58. The van der Waals surface area contributed by atoms with Crippen LogP contribution in [0.15, 0.2) is 83.5 Å². The fourth-order valence-corrected chi connectivity index (χ4v) is 9.94. The van der Waals surface area contributed by atoms with Gasteiger partial charge in [-0.1, -0.05) is 128 Å². The topological polar surface area (TPSA) is 0 Å². The molecule has 0 saturated carbocycles. The third-order valence-electron chi connectivity index (χ3n) is 12.2. The van der Waals surface area contributed by atoms with Gasteiger partial charge < -0.3 is 0 Å². The molecule has 0 N–H and O–H groups in total. The molecule has 1 unspecified atom stereocenters. The third-order valence-corrected chi connectivity index (χ3v) is 12.2. The molecule has 5 atom stereocenters. The lowest BCUT2D eigenvalue weighted by molar-refractivity contribution is -0.0408. The van der Waals surface area contributed by atoms with Crippen LogP contribution in [0.5, 0.6) is 0 Å². The highest BCUT2D eigenvalue weighted by atomic mass is 14.7. The molecule has 0 saturated heterocycles. The van der Waals surface area contributed by atoms with Gasteiger partial charge in [0.2, 0.25) is 0 Å². The molecule has 41 heavy (non-hydrogen) atoms. The van der Waals surface area contributed by atoms with Crippen molar-refractivity contribution in [3.63, 3.8) is 0 Å². The minimum Gasteiger partial charge on any atom is -0.0999 e. The molecule has 222 valence electrons. The van der Waals surface area contributed by atoms with Gasteiger partial charge in [0.15, 0.2) is 0 Å². The lowest BCUT2D eigenvalue weighted by Gasteiger charge is -2.68. The maximum Gasteiger partial charge on any atom is 0.0197 e. The molecule has 0 radical (unpaired) electrons. The van der Waals surface area contributed by atoms with E-state index in [-0.39, 0.29) is 16.2 Å². The van der Waals surface area contributed by atoms with Crippen molar-refractivity contribution >= 4 is 5.57 Å². The maximum absolute atomic E-state index is 4.93. The van der Waals surface area contributed by atoms with Gasteiger partial charge in [-0.3, -0.25) is 0 Å². The van der Waals surface area contributed by atoms with E-state index < -0.39 is 0 Å². The van der Waals surface area contributed by atoms with Crippen molar-refractivity contribution in [2.24, 2.45) is 28.1 Å². The second-order valence-corrected chi connectivity index (χ2v) is 15.0. The van der Waals surface area contributed by atoms with E-state index >= 15 is 0 Å². The molecule has 0 aromatic heterocycles. The molecule has 0 nitrogen and oxygen atoms in total. The van der Waals surface area contributed by atoms with Crippen molar-refractivity contribution < 1.29 is 0 Å². The fraction of sp³-hybridized carbons (Fsp3) is 0.561. The molecular weight excluding hydrogens is 492 g/mol. The van der Waals surface area contributed by atoms with Gasteiger partial charge in [-0.25, -0.2) is 0 Å². The van der Waals surface area contributed by atoms with Crippen LogP contribution in [0.25, 0.3) is 5.57 Å². The van der Waals surface area contributed by atoms with E-state index in [4.69, 9.17) is 13.2 Å². The normalized spacial score (nSPS) is 31.3. The Bertz CT molecular complexity index is 1350. The quantitative estimate of drug-likeness (QED) is 0.212. The van der Waals surface area contributed by atoms with Gasteiger partial charge in [-0.2, -0.15) is 0 Å². The van der Waals surface area contributed by atoms with E-state index in [1.165, 1.54) is 81.4 Å². The highest BCUT2D eigenvalue weighted by Gasteiger charge is 2.66. The first-order chi connectivity index (χ1) is 19.1. The first kappa shape index (κ1) is 31.6. The Balaban J connectivity index is 2.08. The van der Waals surface area contributed by atoms with Crippen LogP contribution in [0, 0.1) is 35.0 Å². The van der Waals surface area contributed by atoms with Crippen LogP contribution in [-0.4, -0.2) is 0 Å². The standard InChI is InChI=1S/C41H58/c1-15-27(6)23-35-39(12)24-29(8)36(26(4)5)31(10)41(39,14)32(11)38-30(9)37-28(7)20-18-21-33(37)34(40(35,38)13)22-17-16-19-25(2)3/h18,20-21,25,34-35H,4,6,9-10,15-17,19,22-24H2,1-3,5,7-8,11-14H3/t34?,35-,39-,40+,41+/m0/s1. The molecule has 3 aliphatic carbocycles. The van der Waals surface area contributed by atoms with Gasteiger partial charge in [0.05, 0.1) is 0 Å². The minimum absolute atomic E-state index is 0.00531. The zero-order valence-corrected chi connectivity index (χ0v) is 28.2. The van der Waals surface area contributed by atoms with Gasteiger partial charge in [0, 0.05) is 10.8 Å². The molecule has 1 aromatic carbocycles. The van der Waals surface area contributed by atoms with E-state index in [0.29, 0.717) is 11.8 Å². The number of fused-ring (bicyclic) bond motifs is 3. The third kappa shape index (κ3) is 4.54. The zero-order valence-electron chi connectivity index (χ0n) is 28.2. The smallest absolute Gasteiger partial charge is 0.0197 e. The van der Waals surface area contributed by atoms with Crippen molar-refractivity contribution in [1.29, 1.82) is 0 Å². The fourth-order valence-electron chi connectivity index (χ4n) is 9.94. The Hall–Kier alpha value is -2.34. The summed E-state index contributed by atoms with van der Waals surface area (Å²) >= 11 is 0. The van der Waals surface area contributed by atoms with Crippen LogP contribution in [0.1, 0.15) is 130 Å². The highest BCUT2D eigenvalue weighted by Crippen LogP contribution is 2.76. The van der Waals surface area contributed by atoms with Gasteiger partial charge in [-0.05, 0) is 116 Å². The molecule has 1 aromatic rings. The number of aryl methyl sites for hydroxylation is 1. The molecule has 0 fully saturated rings. The Morgan fingerprint density at radius 1 is 1.02 bits per heavy atom. The number of unbranched alkanes of at least 4 members (excludes halogenated alkanes) is 1. The van der Waals surface area contributed by atoms with Crippen LogP contribution < -0.4 is 0 Å². The molecule has 3 aliphatic rings. The van der Waals surface area contributed by atoms with Crippen LogP contribution >= 0.6 is 0 Å². The SMILES string of the molecule is C=C(CC)C[C@H]1[C@]2(C)CC(C)=C(C(=C)C)C(=C)[C@]2(C)C(C)=C2C(=C)c3c(C)cccc3C(CCCCC(C)C)[C@@]21C. The van der Waals surface area contributed by atoms with Crippen LogP contribution in [0.4, 0.5) is 0 Å². The second-order valence-electron chi connectivity index (χ2n) is 15.0. The first-order valence-corrected chi connectivity index (χ1v) is 16.3. The lowest BCUT2D eigenvalue weighted by atomic mass is 9.35. The summed E-state index contributed by atoms with van der Waals surface area (Å²) in [4.78, 5) is 0. The van der Waals surface area contributed by atoms with Gasteiger partial charge >= 0.3 is 0 Å². The average Bonchev–Trinajstić information content (AvgIpc) is 2.88. The molecule has 4 rings (SSSR count). The summed E-state index contributed by atoms with van der Waals surface area (Å²) in [5.41, 5.74) is 14.9.